The summed E-state index contributed by atoms with van der Waals surface area (Å²) in [6.45, 7) is 5.43. The van der Waals surface area contributed by atoms with E-state index in [2.05, 4.69) is 4.72 Å². The van der Waals surface area contributed by atoms with Gasteiger partial charge in [0.15, 0.2) is 0 Å². The van der Waals surface area contributed by atoms with E-state index in [4.69, 9.17) is 9.47 Å². The van der Waals surface area contributed by atoms with Crippen molar-refractivity contribution in [2.45, 2.75) is 25.7 Å². The lowest BCUT2D eigenvalue weighted by Gasteiger charge is -2.14. The van der Waals surface area contributed by atoms with E-state index >= 15 is 0 Å². The van der Waals surface area contributed by atoms with Crippen molar-refractivity contribution in [1.29, 1.82) is 0 Å². The van der Waals surface area contributed by atoms with Gasteiger partial charge in [-0.15, -0.1) is 0 Å². The molecule has 0 heterocycles. The van der Waals surface area contributed by atoms with Crippen molar-refractivity contribution in [3.05, 3.63) is 53.1 Å². The highest BCUT2D eigenvalue weighted by molar-refractivity contribution is 7.92. The van der Waals surface area contributed by atoms with Crippen LogP contribution in [0.3, 0.4) is 0 Å². The molecule has 2 aromatic carbocycles. The molecule has 0 atom stereocenters. The zero-order valence-electron chi connectivity index (χ0n) is 14.6. The van der Waals surface area contributed by atoms with Crippen LogP contribution in [0.2, 0.25) is 0 Å². The van der Waals surface area contributed by atoms with Crippen molar-refractivity contribution in [2.24, 2.45) is 0 Å². The van der Waals surface area contributed by atoms with E-state index in [-0.39, 0.29) is 17.1 Å². The predicted molar refractivity (Wildman–Crippen MR) is 95.7 cm³/mol. The van der Waals surface area contributed by atoms with E-state index in [1.807, 2.05) is 0 Å². The van der Waals surface area contributed by atoms with Gasteiger partial charge in [-0.2, -0.15) is 0 Å². The van der Waals surface area contributed by atoms with Crippen molar-refractivity contribution in [1.82, 2.24) is 0 Å². The van der Waals surface area contributed by atoms with Crippen LogP contribution >= 0.6 is 0 Å². The van der Waals surface area contributed by atoms with Crippen LogP contribution in [0, 0.1) is 13.8 Å². The highest BCUT2D eigenvalue weighted by Crippen LogP contribution is 2.27. The number of aryl methyl sites for hydroxylation is 2. The van der Waals surface area contributed by atoms with Gasteiger partial charge in [-0.1, -0.05) is 6.07 Å². The van der Waals surface area contributed by atoms with Crippen LogP contribution < -0.4 is 9.46 Å². The second-order valence-corrected chi connectivity index (χ2v) is 7.14. The minimum Gasteiger partial charge on any atom is -0.496 e. The third-order valence-electron chi connectivity index (χ3n) is 3.61. The third-order valence-corrected chi connectivity index (χ3v) is 5.13. The zero-order valence-corrected chi connectivity index (χ0v) is 15.4. The first-order valence-electron chi connectivity index (χ1n) is 7.73. The molecule has 0 aliphatic heterocycles. The molecule has 0 bridgehead atoms. The SMILES string of the molecule is CCOC(=O)c1cccc(NS(=O)(=O)c2cc(C)c(OC)cc2C)c1. The van der Waals surface area contributed by atoms with Crippen molar-refractivity contribution in [2.75, 3.05) is 18.4 Å². The maximum atomic E-state index is 12.7. The summed E-state index contributed by atoms with van der Waals surface area (Å²) in [6, 6.07) is 9.42. The maximum absolute atomic E-state index is 12.7. The Bertz CT molecular complexity index is 890. The Morgan fingerprint density at radius 3 is 2.48 bits per heavy atom. The average Bonchev–Trinajstić information content (AvgIpc) is 2.56. The lowest BCUT2D eigenvalue weighted by atomic mass is 10.1. The van der Waals surface area contributed by atoms with Gasteiger partial charge in [0.25, 0.3) is 10.0 Å². The Morgan fingerprint density at radius 1 is 1.12 bits per heavy atom. The summed E-state index contributed by atoms with van der Waals surface area (Å²) < 4.78 is 38.1. The molecule has 0 radical (unpaired) electrons. The fourth-order valence-electron chi connectivity index (χ4n) is 2.41. The summed E-state index contributed by atoms with van der Waals surface area (Å²) in [5, 5.41) is 0. The number of esters is 1. The van der Waals surface area contributed by atoms with E-state index < -0.39 is 16.0 Å². The smallest absolute Gasteiger partial charge is 0.338 e. The Hall–Kier alpha value is -2.54. The lowest BCUT2D eigenvalue weighted by Crippen LogP contribution is -2.15. The molecule has 0 unspecified atom stereocenters. The van der Waals surface area contributed by atoms with Gasteiger partial charge >= 0.3 is 5.97 Å². The first kappa shape index (κ1) is 18.8. The minimum absolute atomic E-state index is 0.160. The largest absolute Gasteiger partial charge is 0.496 e. The van der Waals surface area contributed by atoms with Gasteiger partial charge < -0.3 is 9.47 Å². The first-order valence-corrected chi connectivity index (χ1v) is 9.22. The molecule has 134 valence electrons. The molecule has 7 heteroatoms. The molecule has 0 saturated heterocycles. The molecule has 0 spiro atoms. The summed E-state index contributed by atoms with van der Waals surface area (Å²) in [7, 11) is -2.27. The van der Waals surface area contributed by atoms with E-state index in [1.54, 1.807) is 51.1 Å². The van der Waals surface area contributed by atoms with Gasteiger partial charge in [-0.3, -0.25) is 4.72 Å². The molecule has 0 fully saturated rings. The number of methoxy groups -OCH3 is 1. The normalized spacial score (nSPS) is 11.0. The van der Waals surface area contributed by atoms with Crippen LogP contribution in [0.5, 0.6) is 5.75 Å². The molecule has 25 heavy (non-hydrogen) atoms. The number of benzene rings is 2. The first-order chi connectivity index (χ1) is 11.8. The molecule has 0 amide bonds. The lowest BCUT2D eigenvalue weighted by molar-refractivity contribution is 0.0526. The molecular formula is C18H21NO5S. The topological polar surface area (TPSA) is 81.7 Å². The van der Waals surface area contributed by atoms with Crippen molar-refractivity contribution in [3.8, 4) is 5.75 Å². The number of anilines is 1. The third kappa shape index (κ3) is 4.30. The van der Waals surface area contributed by atoms with E-state index in [0.717, 1.165) is 0 Å². The molecule has 2 rings (SSSR count). The van der Waals surface area contributed by atoms with Gasteiger partial charge in [0.1, 0.15) is 5.75 Å². The van der Waals surface area contributed by atoms with E-state index in [0.29, 0.717) is 22.6 Å². The number of rotatable bonds is 6. The number of carbonyl (C=O) groups is 1. The molecule has 6 nitrogen and oxygen atoms in total. The van der Waals surface area contributed by atoms with Gasteiger partial charge in [-0.25, -0.2) is 13.2 Å². The summed E-state index contributed by atoms with van der Waals surface area (Å²) in [5.41, 5.74) is 1.85. The highest BCUT2D eigenvalue weighted by Gasteiger charge is 2.19. The Kier molecular flexibility index (Phi) is 5.69. The van der Waals surface area contributed by atoms with Crippen LogP contribution in [0.15, 0.2) is 41.3 Å². The number of hydrogen-bond donors (Lipinski definition) is 1. The second-order valence-electron chi connectivity index (χ2n) is 5.49. The number of sulfonamides is 1. The molecule has 0 saturated carbocycles. The minimum atomic E-state index is -3.80. The van der Waals surface area contributed by atoms with Crippen LogP contribution in [0.4, 0.5) is 5.69 Å². The van der Waals surface area contributed by atoms with Crippen molar-refractivity contribution in [3.63, 3.8) is 0 Å². The molecule has 0 aliphatic carbocycles. The molecule has 0 aliphatic rings. The van der Waals surface area contributed by atoms with Crippen LogP contribution in [-0.4, -0.2) is 28.1 Å². The fraction of sp³-hybridized carbons (Fsp3) is 0.278. The monoisotopic (exact) mass is 363 g/mol. The van der Waals surface area contributed by atoms with Crippen LogP contribution in [0.1, 0.15) is 28.4 Å². The molecular weight excluding hydrogens is 342 g/mol. The van der Waals surface area contributed by atoms with E-state index in [9.17, 15) is 13.2 Å². The van der Waals surface area contributed by atoms with Gasteiger partial charge in [0, 0.05) is 5.69 Å². The summed E-state index contributed by atoms with van der Waals surface area (Å²) >= 11 is 0. The quantitative estimate of drug-likeness (QED) is 0.797. The van der Waals surface area contributed by atoms with Crippen molar-refractivity contribution >= 4 is 21.7 Å². The van der Waals surface area contributed by atoms with Gasteiger partial charge in [0.2, 0.25) is 0 Å². The Morgan fingerprint density at radius 2 is 1.84 bits per heavy atom. The van der Waals surface area contributed by atoms with E-state index in [1.165, 1.54) is 13.2 Å². The fourth-order valence-corrected chi connectivity index (χ4v) is 3.77. The van der Waals surface area contributed by atoms with Crippen LogP contribution in [0.25, 0.3) is 0 Å². The van der Waals surface area contributed by atoms with Gasteiger partial charge in [-0.05, 0) is 62.2 Å². The molecule has 2 aromatic rings. The standard InChI is InChI=1S/C18H21NO5S/c1-5-24-18(20)14-7-6-8-15(11-14)19-25(21,22)17-10-12(2)16(23-4)9-13(17)3/h6-11,19H,5H2,1-4H3. The maximum Gasteiger partial charge on any atom is 0.338 e. The Balaban J connectivity index is 2.35. The summed E-state index contributed by atoms with van der Waals surface area (Å²) in [4.78, 5) is 11.9. The summed E-state index contributed by atoms with van der Waals surface area (Å²) in [6.07, 6.45) is 0. The molecule has 0 aromatic heterocycles. The second kappa shape index (κ2) is 7.57. The highest BCUT2D eigenvalue weighted by atomic mass is 32.2. The number of nitrogens with one attached hydrogen (secondary N) is 1. The average molecular weight is 363 g/mol. The number of hydrogen-bond acceptors (Lipinski definition) is 5. The molecule has 1 N–H and O–H groups in total. The van der Waals surface area contributed by atoms with Crippen LogP contribution in [-0.2, 0) is 14.8 Å². The van der Waals surface area contributed by atoms with Crippen molar-refractivity contribution < 1.29 is 22.7 Å². The number of carbonyl (C=O) groups excluding carboxylic acids is 1. The Labute approximate surface area is 147 Å². The van der Waals surface area contributed by atoms with Gasteiger partial charge in [0.05, 0.1) is 24.2 Å². The zero-order chi connectivity index (χ0) is 18.6. The number of ether oxygens (including phenoxy) is 2. The summed E-state index contributed by atoms with van der Waals surface area (Å²) in [5.74, 6) is 0.126. The predicted octanol–water partition coefficient (Wildman–Crippen LogP) is 3.29.